The summed E-state index contributed by atoms with van der Waals surface area (Å²) in [5.74, 6) is -0.0521. The molecule has 0 aromatic heterocycles. The summed E-state index contributed by atoms with van der Waals surface area (Å²) in [6.45, 7) is 1.93. The van der Waals surface area contributed by atoms with Crippen LogP contribution < -0.4 is 14.4 Å². The van der Waals surface area contributed by atoms with E-state index in [1.807, 2.05) is 31.2 Å². The zero-order valence-corrected chi connectivity index (χ0v) is 19.1. The topological polar surface area (TPSA) is 55.8 Å². The van der Waals surface area contributed by atoms with Crippen LogP contribution in [0.3, 0.4) is 0 Å². The van der Waals surface area contributed by atoms with Gasteiger partial charge >= 0.3 is 5.97 Å². The van der Waals surface area contributed by atoms with Crippen LogP contribution in [0.15, 0.2) is 66.7 Å². The van der Waals surface area contributed by atoms with Gasteiger partial charge in [-0.1, -0.05) is 41.4 Å². The molecular weight excluding hydrogens is 449 g/mol. The number of benzene rings is 3. The number of esters is 1. The molecule has 7 heteroatoms. The van der Waals surface area contributed by atoms with Gasteiger partial charge in [-0.2, -0.15) is 0 Å². The van der Waals surface area contributed by atoms with Gasteiger partial charge in [-0.25, -0.2) is 0 Å². The fraction of sp³-hybridized carbons (Fsp3) is 0.200. The van der Waals surface area contributed by atoms with Crippen LogP contribution in [0.2, 0.25) is 10.0 Å². The number of amides is 1. The largest absolute Gasteiger partial charge is 0.497 e. The molecule has 0 N–H and O–H groups in total. The summed E-state index contributed by atoms with van der Waals surface area (Å²) < 4.78 is 10.8. The third kappa shape index (κ3) is 4.31. The molecule has 1 heterocycles. The Balaban J connectivity index is 1.63. The fourth-order valence-corrected chi connectivity index (χ4v) is 4.23. The van der Waals surface area contributed by atoms with Crippen LogP contribution in [0.1, 0.15) is 35.2 Å². The van der Waals surface area contributed by atoms with Crippen molar-refractivity contribution in [2.75, 3.05) is 12.0 Å². The maximum atomic E-state index is 13.4. The number of rotatable bonds is 4. The van der Waals surface area contributed by atoms with Crippen molar-refractivity contribution in [3.05, 3.63) is 87.9 Å². The lowest BCUT2D eigenvalue weighted by atomic mass is 9.85. The van der Waals surface area contributed by atoms with Crippen molar-refractivity contribution in [3.63, 3.8) is 0 Å². The van der Waals surface area contributed by atoms with Gasteiger partial charge in [0, 0.05) is 23.4 Å². The van der Waals surface area contributed by atoms with E-state index in [0.717, 1.165) is 5.56 Å². The quantitative estimate of drug-likeness (QED) is 0.340. The standard InChI is InChI=1S/C25H21Cl2NO4/c1-15-13-20(25(30)32-18-11-12-21(26)22(27)14-18)19-5-3-4-6-23(19)28(15)24(29)16-7-9-17(31-2)10-8-16/h3-12,14-15,20H,13H2,1-2H3. The highest BCUT2D eigenvalue weighted by Gasteiger charge is 2.38. The van der Waals surface area contributed by atoms with Crippen molar-refractivity contribution in [1.29, 1.82) is 0 Å². The first-order chi connectivity index (χ1) is 15.4. The summed E-state index contributed by atoms with van der Waals surface area (Å²) in [5, 5.41) is 0.696. The predicted octanol–water partition coefficient (Wildman–Crippen LogP) is 6.13. The maximum Gasteiger partial charge on any atom is 0.318 e. The van der Waals surface area contributed by atoms with E-state index in [2.05, 4.69) is 0 Å². The van der Waals surface area contributed by atoms with Gasteiger partial charge < -0.3 is 14.4 Å². The van der Waals surface area contributed by atoms with Gasteiger partial charge in [0.05, 0.1) is 23.1 Å². The van der Waals surface area contributed by atoms with E-state index < -0.39 is 11.9 Å². The lowest BCUT2D eigenvalue weighted by molar-refractivity contribution is -0.136. The second kappa shape index (κ2) is 9.23. The van der Waals surface area contributed by atoms with E-state index in [9.17, 15) is 9.59 Å². The number of anilines is 1. The van der Waals surface area contributed by atoms with Crippen molar-refractivity contribution < 1.29 is 19.1 Å². The Labute approximate surface area is 196 Å². The first kappa shape index (κ1) is 22.2. The van der Waals surface area contributed by atoms with Crippen LogP contribution in [0.5, 0.6) is 11.5 Å². The second-order valence-corrected chi connectivity index (χ2v) is 8.41. The molecule has 1 amide bonds. The molecule has 4 rings (SSSR count). The molecule has 0 aliphatic carbocycles. The molecule has 0 bridgehead atoms. The molecule has 0 radical (unpaired) electrons. The Morgan fingerprint density at radius 2 is 1.62 bits per heavy atom. The number of halogens is 2. The van der Waals surface area contributed by atoms with Crippen LogP contribution in [-0.4, -0.2) is 25.0 Å². The molecule has 5 nitrogen and oxygen atoms in total. The Bertz CT molecular complexity index is 1160. The molecule has 3 aromatic rings. The van der Waals surface area contributed by atoms with Gasteiger partial charge in [0.2, 0.25) is 0 Å². The molecule has 2 unspecified atom stereocenters. The molecule has 0 saturated carbocycles. The molecular formula is C25H21Cl2NO4. The van der Waals surface area contributed by atoms with Crippen LogP contribution in [-0.2, 0) is 4.79 Å². The first-order valence-electron chi connectivity index (χ1n) is 10.1. The zero-order valence-electron chi connectivity index (χ0n) is 17.5. The molecule has 1 aliphatic rings. The Morgan fingerprint density at radius 3 is 2.31 bits per heavy atom. The minimum Gasteiger partial charge on any atom is -0.497 e. The van der Waals surface area contributed by atoms with Crippen molar-refractivity contribution in [2.45, 2.75) is 25.3 Å². The highest BCUT2D eigenvalue weighted by atomic mass is 35.5. The van der Waals surface area contributed by atoms with E-state index in [1.165, 1.54) is 6.07 Å². The van der Waals surface area contributed by atoms with Gasteiger partial charge in [-0.15, -0.1) is 0 Å². The Morgan fingerprint density at radius 1 is 0.938 bits per heavy atom. The van der Waals surface area contributed by atoms with E-state index >= 15 is 0 Å². The minimum absolute atomic E-state index is 0.135. The maximum absolute atomic E-state index is 13.4. The predicted molar refractivity (Wildman–Crippen MR) is 125 cm³/mol. The van der Waals surface area contributed by atoms with Crippen molar-refractivity contribution in [1.82, 2.24) is 0 Å². The number of hydrogen-bond donors (Lipinski definition) is 0. The van der Waals surface area contributed by atoms with Crippen LogP contribution in [0, 0.1) is 0 Å². The molecule has 32 heavy (non-hydrogen) atoms. The zero-order chi connectivity index (χ0) is 22.8. The fourth-order valence-electron chi connectivity index (χ4n) is 3.95. The third-order valence-electron chi connectivity index (χ3n) is 5.54. The van der Waals surface area contributed by atoms with E-state index in [4.69, 9.17) is 32.7 Å². The number of para-hydroxylation sites is 1. The highest BCUT2D eigenvalue weighted by Crippen LogP contribution is 2.40. The van der Waals surface area contributed by atoms with Gasteiger partial charge in [-0.3, -0.25) is 9.59 Å². The van der Waals surface area contributed by atoms with Crippen molar-refractivity contribution in [3.8, 4) is 11.5 Å². The van der Waals surface area contributed by atoms with Crippen LogP contribution >= 0.6 is 23.2 Å². The van der Waals surface area contributed by atoms with Crippen LogP contribution in [0.4, 0.5) is 5.69 Å². The molecule has 2 atom stereocenters. The summed E-state index contributed by atoms with van der Waals surface area (Å²) in [6, 6.07) is 18.9. The van der Waals surface area contributed by atoms with E-state index in [1.54, 1.807) is 48.4 Å². The number of hydrogen-bond acceptors (Lipinski definition) is 4. The summed E-state index contributed by atoms with van der Waals surface area (Å²) in [4.78, 5) is 28.2. The number of carbonyl (C=O) groups excluding carboxylic acids is 2. The highest BCUT2D eigenvalue weighted by molar-refractivity contribution is 6.42. The second-order valence-electron chi connectivity index (χ2n) is 7.60. The van der Waals surface area contributed by atoms with Crippen molar-refractivity contribution in [2.24, 2.45) is 0 Å². The van der Waals surface area contributed by atoms with Gasteiger partial charge in [0.1, 0.15) is 11.5 Å². The smallest absolute Gasteiger partial charge is 0.318 e. The Hall–Kier alpha value is -3.02. The van der Waals surface area contributed by atoms with Crippen LogP contribution in [0.25, 0.3) is 0 Å². The average molecular weight is 470 g/mol. The normalized spacial score (nSPS) is 17.4. The average Bonchev–Trinajstić information content (AvgIpc) is 2.80. The molecule has 1 aliphatic heterocycles. The summed E-state index contributed by atoms with van der Waals surface area (Å²) in [5.41, 5.74) is 1.99. The SMILES string of the molecule is COc1ccc(C(=O)N2c3ccccc3C(C(=O)Oc3ccc(Cl)c(Cl)c3)CC2C)cc1. The summed E-state index contributed by atoms with van der Waals surface area (Å²) in [7, 11) is 1.58. The number of methoxy groups -OCH3 is 1. The first-order valence-corrected chi connectivity index (χ1v) is 10.9. The molecule has 0 fully saturated rings. The lowest BCUT2D eigenvalue weighted by Crippen LogP contribution is -2.44. The van der Waals surface area contributed by atoms with Gasteiger partial charge in [-0.05, 0) is 61.4 Å². The third-order valence-corrected chi connectivity index (χ3v) is 6.28. The summed E-state index contributed by atoms with van der Waals surface area (Å²) in [6.07, 6.45) is 0.430. The van der Waals surface area contributed by atoms with Gasteiger partial charge in [0.15, 0.2) is 0 Å². The number of nitrogens with zero attached hydrogens (tertiary/aromatic N) is 1. The van der Waals surface area contributed by atoms with E-state index in [-0.39, 0.29) is 11.9 Å². The summed E-state index contributed by atoms with van der Waals surface area (Å²) >= 11 is 12.0. The molecule has 3 aromatic carbocycles. The number of ether oxygens (including phenoxy) is 2. The minimum atomic E-state index is -0.518. The number of fused-ring (bicyclic) bond motifs is 1. The lowest BCUT2D eigenvalue weighted by Gasteiger charge is -2.38. The van der Waals surface area contributed by atoms with E-state index in [0.29, 0.717) is 39.2 Å². The monoisotopic (exact) mass is 469 g/mol. The molecule has 0 spiro atoms. The molecule has 0 saturated heterocycles. The number of carbonyl (C=O) groups is 2. The Kier molecular flexibility index (Phi) is 6.40. The van der Waals surface area contributed by atoms with Crippen molar-refractivity contribution >= 4 is 40.8 Å². The van der Waals surface area contributed by atoms with Gasteiger partial charge in [0.25, 0.3) is 5.91 Å². The molecule has 164 valence electrons.